The molecular weight excluding hydrogens is 282 g/mol. The highest BCUT2D eigenvalue weighted by molar-refractivity contribution is 7.80. The molecule has 0 spiro atoms. The predicted molar refractivity (Wildman–Crippen MR) is 90.7 cm³/mol. The van der Waals surface area contributed by atoms with E-state index in [1.54, 1.807) is 24.3 Å². The van der Waals surface area contributed by atoms with Crippen molar-refractivity contribution in [1.82, 2.24) is 0 Å². The Morgan fingerprint density at radius 1 is 0.952 bits per heavy atom. The summed E-state index contributed by atoms with van der Waals surface area (Å²) in [5, 5.41) is 5.90. The quantitative estimate of drug-likeness (QED) is 0.761. The molecule has 0 aliphatic carbocycles. The molecule has 21 heavy (non-hydrogen) atoms. The number of benzene rings is 2. The summed E-state index contributed by atoms with van der Waals surface area (Å²) in [6.07, 6.45) is 0. The highest BCUT2D eigenvalue weighted by Crippen LogP contribution is 2.15. The van der Waals surface area contributed by atoms with Gasteiger partial charge in [0.25, 0.3) is 5.91 Å². The number of aryl methyl sites for hydroxylation is 2. The second-order valence-electron chi connectivity index (χ2n) is 4.90. The zero-order valence-electron chi connectivity index (χ0n) is 11.9. The van der Waals surface area contributed by atoms with Crippen LogP contribution in [0.3, 0.4) is 0 Å². The van der Waals surface area contributed by atoms with Gasteiger partial charge in [0.1, 0.15) is 0 Å². The van der Waals surface area contributed by atoms with Crippen LogP contribution in [0, 0.1) is 13.8 Å². The molecule has 0 aromatic heterocycles. The summed E-state index contributed by atoms with van der Waals surface area (Å²) in [6.45, 7) is 3.94. The maximum atomic E-state index is 12.2. The number of carbonyl (C=O) groups is 1. The lowest BCUT2D eigenvalue weighted by Gasteiger charge is -2.08. The molecule has 0 bridgehead atoms. The van der Waals surface area contributed by atoms with E-state index in [0.29, 0.717) is 11.3 Å². The van der Waals surface area contributed by atoms with Crippen molar-refractivity contribution >= 4 is 34.6 Å². The predicted octanol–water partition coefficient (Wildman–Crippen LogP) is 3.21. The number of hydrogen-bond donors (Lipinski definition) is 3. The molecule has 0 saturated heterocycles. The molecule has 108 valence electrons. The van der Waals surface area contributed by atoms with Crippen LogP contribution in [0.15, 0.2) is 42.5 Å². The Kier molecular flexibility index (Phi) is 4.55. The number of carbonyl (C=O) groups excluding carboxylic acids is 1. The van der Waals surface area contributed by atoms with Gasteiger partial charge in [0.05, 0.1) is 0 Å². The normalized spacial score (nSPS) is 10.0. The van der Waals surface area contributed by atoms with Gasteiger partial charge in [-0.25, -0.2) is 0 Å². The average molecular weight is 299 g/mol. The Balaban J connectivity index is 2.10. The summed E-state index contributed by atoms with van der Waals surface area (Å²) in [7, 11) is 0. The van der Waals surface area contributed by atoms with Crippen molar-refractivity contribution in [2.24, 2.45) is 5.73 Å². The number of hydrogen-bond acceptors (Lipinski definition) is 2. The Bertz CT molecular complexity index is 660. The standard InChI is InChI=1S/C16H17N3OS/c1-10-7-11(2)9-12(8-10)15(20)18-13-3-5-14(6-4-13)19-16(17)21/h3-9H,1-2H3,(H,18,20)(H3,17,19,21). The van der Waals surface area contributed by atoms with Gasteiger partial charge in [-0.2, -0.15) is 0 Å². The van der Waals surface area contributed by atoms with Gasteiger partial charge in [0.2, 0.25) is 0 Å². The van der Waals surface area contributed by atoms with E-state index in [1.165, 1.54) is 0 Å². The van der Waals surface area contributed by atoms with E-state index < -0.39 is 0 Å². The van der Waals surface area contributed by atoms with Crippen molar-refractivity contribution in [3.8, 4) is 0 Å². The van der Waals surface area contributed by atoms with Crippen molar-refractivity contribution in [3.63, 3.8) is 0 Å². The molecule has 0 aliphatic heterocycles. The minimum absolute atomic E-state index is 0.128. The van der Waals surface area contributed by atoms with Gasteiger partial charge in [0.15, 0.2) is 5.11 Å². The molecular formula is C16H17N3OS. The summed E-state index contributed by atoms with van der Waals surface area (Å²) in [4.78, 5) is 12.2. The molecule has 0 aliphatic rings. The minimum atomic E-state index is -0.128. The largest absolute Gasteiger partial charge is 0.376 e. The highest BCUT2D eigenvalue weighted by atomic mass is 32.1. The van der Waals surface area contributed by atoms with E-state index in [0.717, 1.165) is 16.8 Å². The summed E-state index contributed by atoms with van der Waals surface area (Å²) >= 11 is 4.77. The average Bonchev–Trinajstić information content (AvgIpc) is 2.39. The van der Waals surface area contributed by atoms with Crippen LogP contribution in [0.4, 0.5) is 11.4 Å². The molecule has 0 unspecified atom stereocenters. The van der Waals surface area contributed by atoms with E-state index in [1.807, 2.05) is 32.0 Å². The molecule has 0 radical (unpaired) electrons. The van der Waals surface area contributed by atoms with Crippen molar-refractivity contribution in [3.05, 3.63) is 59.2 Å². The molecule has 1 amide bonds. The van der Waals surface area contributed by atoms with Gasteiger partial charge in [-0.15, -0.1) is 0 Å². The van der Waals surface area contributed by atoms with Crippen LogP contribution in [0.1, 0.15) is 21.5 Å². The first-order valence-electron chi connectivity index (χ1n) is 6.50. The van der Waals surface area contributed by atoms with E-state index >= 15 is 0 Å². The Labute approximate surface area is 129 Å². The lowest BCUT2D eigenvalue weighted by molar-refractivity contribution is 0.102. The molecule has 0 atom stereocenters. The number of nitrogens with one attached hydrogen (secondary N) is 2. The third-order valence-corrected chi connectivity index (χ3v) is 3.00. The number of rotatable bonds is 3. The lowest BCUT2D eigenvalue weighted by Crippen LogP contribution is -2.18. The minimum Gasteiger partial charge on any atom is -0.376 e. The zero-order valence-corrected chi connectivity index (χ0v) is 12.8. The van der Waals surface area contributed by atoms with Crippen molar-refractivity contribution in [1.29, 1.82) is 0 Å². The topological polar surface area (TPSA) is 67.2 Å². The molecule has 5 heteroatoms. The third-order valence-electron chi connectivity index (χ3n) is 2.89. The first kappa shape index (κ1) is 15.0. The highest BCUT2D eigenvalue weighted by Gasteiger charge is 2.07. The monoisotopic (exact) mass is 299 g/mol. The van der Waals surface area contributed by atoms with Gasteiger partial charge in [-0.3, -0.25) is 4.79 Å². The van der Waals surface area contributed by atoms with Crippen molar-refractivity contribution in [2.75, 3.05) is 10.6 Å². The molecule has 4 nitrogen and oxygen atoms in total. The third kappa shape index (κ3) is 4.29. The fourth-order valence-electron chi connectivity index (χ4n) is 2.09. The smallest absolute Gasteiger partial charge is 0.255 e. The van der Waals surface area contributed by atoms with Gasteiger partial charge in [-0.05, 0) is 62.5 Å². The molecule has 0 saturated carbocycles. The molecule has 2 aromatic rings. The number of thiocarbonyl (C=S) groups is 1. The second-order valence-corrected chi connectivity index (χ2v) is 5.34. The lowest BCUT2D eigenvalue weighted by atomic mass is 10.1. The molecule has 2 aromatic carbocycles. The summed E-state index contributed by atoms with van der Waals surface area (Å²) in [5.74, 6) is -0.128. The van der Waals surface area contributed by atoms with Crippen LogP contribution < -0.4 is 16.4 Å². The van der Waals surface area contributed by atoms with Crippen molar-refractivity contribution < 1.29 is 4.79 Å². The number of amides is 1. The zero-order chi connectivity index (χ0) is 15.4. The van der Waals surface area contributed by atoms with E-state index in [2.05, 4.69) is 10.6 Å². The van der Waals surface area contributed by atoms with Gasteiger partial charge in [-0.1, -0.05) is 17.2 Å². The van der Waals surface area contributed by atoms with Crippen LogP contribution in [0.2, 0.25) is 0 Å². The molecule has 0 fully saturated rings. The van der Waals surface area contributed by atoms with Crippen LogP contribution in [-0.4, -0.2) is 11.0 Å². The van der Waals surface area contributed by atoms with Crippen LogP contribution in [0.25, 0.3) is 0 Å². The fraction of sp³-hybridized carbons (Fsp3) is 0.125. The maximum Gasteiger partial charge on any atom is 0.255 e. The molecule has 4 N–H and O–H groups in total. The fourth-order valence-corrected chi connectivity index (χ4v) is 2.21. The van der Waals surface area contributed by atoms with Crippen molar-refractivity contribution in [2.45, 2.75) is 13.8 Å². The second kappa shape index (κ2) is 6.37. The first-order chi connectivity index (χ1) is 9.94. The molecule has 2 rings (SSSR count). The van der Waals surface area contributed by atoms with Crippen LogP contribution in [0.5, 0.6) is 0 Å². The maximum absolute atomic E-state index is 12.2. The summed E-state index contributed by atoms with van der Waals surface area (Å²) in [5.41, 5.74) is 9.68. The van der Waals surface area contributed by atoms with Gasteiger partial charge in [0, 0.05) is 16.9 Å². The Hall–Kier alpha value is -2.40. The first-order valence-corrected chi connectivity index (χ1v) is 6.91. The number of anilines is 2. The van der Waals surface area contributed by atoms with E-state index in [-0.39, 0.29) is 11.0 Å². The molecule has 0 heterocycles. The Morgan fingerprint density at radius 2 is 1.43 bits per heavy atom. The van der Waals surface area contributed by atoms with Crippen LogP contribution in [-0.2, 0) is 0 Å². The van der Waals surface area contributed by atoms with E-state index in [9.17, 15) is 4.79 Å². The summed E-state index contributed by atoms with van der Waals surface area (Å²) < 4.78 is 0. The van der Waals surface area contributed by atoms with Crippen LogP contribution >= 0.6 is 12.2 Å². The van der Waals surface area contributed by atoms with Gasteiger partial charge < -0.3 is 16.4 Å². The van der Waals surface area contributed by atoms with E-state index in [4.69, 9.17) is 18.0 Å². The van der Waals surface area contributed by atoms with Gasteiger partial charge >= 0.3 is 0 Å². The number of nitrogens with two attached hydrogens (primary N) is 1. The summed E-state index contributed by atoms with van der Waals surface area (Å²) in [6, 6.07) is 13.0. The Morgan fingerprint density at radius 3 is 1.90 bits per heavy atom. The SMILES string of the molecule is Cc1cc(C)cc(C(=O)Nc2ccc(NC(N)=S)cc2)c1.